The Kier molecular flexibility index (Phi) is 5.14. The van der Waals surface area contributed by atoms with Crippen LogP contribution in [0.1, 0.15) is 31.5 Å². The number of anilines is 1. The van der Waals surface area contributed by atoms with E-state index in [1.165, 1.54) is 4.68 Å². The highest BCUT2D eigenvalue weighted by Crippen LogP contribution is 2.18. The predicted molar refractivity (Wildman–Crippen MR) is 88.4 cm³/mol. The average Bonchev–Trinajstić information content (AvgIpc) is 2.49. The van der Waals surface area contributed by atoms with E-state index >= 15 is 0 Å². The Balaban J connectivity index is 2.11. The lowest BCUT2D eigenvalue weighted by Gasteiger charge is -2.16. The predicted octanol–water partition coefficient (Wildman–Crippen LogP) is 2.70. The van der Waals surface area contributed by atoms with E-state index in [9.17, 15) is 4.79 Å². The molecule has 0 bridgehead atoms. The third-order valence-electron chi connectivity index (χ3n) is 3.17. The number of aromatic nitrogens is 2. The average molecular weight is 351 g/mol. The Hall–Kier alpha value is -1.66. The van der Waals surface area contributed by atoms with Crippen LogP contribution in [0, 0.1) is 0 Å². The minimum atomic E-state index is -0.150. The quantitative estimate of drug-likeness (QED) is 0.869. The van der Waals surface area contributed by atoms with Gasteiger partial charge in [0.2, 0.25) is 0 Å². The van der Waals surface area contributed by atoms with Crippen LogP contribution in [0.5, 0.6) is 0 Å². The summed E-state index contributed by atoms with van der Waals surface area (Å²) < 4.78 is 1.92. The third kappa shape index (κ3) is 3.71. The normalized spacial score (nSPS) is 12.4. The molecule has 3 N–H and O–H groups in total. The summed E-state index contributed by atoms with van der Waals surface area (Å²) in [6.45, 7) is 4.36. The van der Waals surface area contributed by atoms with Crippen LogP contribution in [-0.4, -0.2) is 16.3 Å². The van der Waals surface area contributed by atoms with Crippen molar-refractivity contribution in [1.29, 1.82) is 0 Å². The Labute approximate surface area is 132 Å². The fraction of sp³-hybridized carbons (Fsp3) is 0.333. The molecule has 0 radical (unpaired) electrons. The number of benzene rings is 1. The van der Waals surface area contributed by atoms with E-state index < -0.39 is 0 Å². The Morgan fingerprint density at radius 3 is 2.62 bits per heavy atom. The van der Waals surface area contributed by atoms with E-state index in [-0.39, 0.29) is 17.6 Å². The van der Waals surface area contributed by atoms with Crippen molar-refractivity contribution in [2.75, 3.05) is 11.9 Å². The molecular weight excluding hydrogens is 332 g/mol. The first-order chi connectivity index (χ1) is 10.0. The maximum absolute atomic E-state index is 12.1. The molecule has 5 nitrogen and oxygen atoms in total. The van der Waals surface area contributed by atoms with Crippen molar-refractivity contribution in [3.05, 3.63) is 56.9 Å². The zero-order chi connectivity index (χ0) is 15.4. The molecule has 2 aromatic rings. The maximum atomic E-state index is 12.1. The first kappa shape index (κ1) is 15.7. The maximum Gasteiger partial charge on any atom is 0.283 e. The zero-order valence-corrected chi connectivity index (χ0v) is 13.7. The molecule has 0 fully saturated rings. The number of hydrogen-bond acceptors (Lipinski definition) is 4. The van der Waals surface area contributed by atoms with Crippen molar-refractivity contribution in [2.45, 2.75) is 25.9 Å². The van der Waals surface area contributed by atoms with Crippen molar-refractivity contribution >= 4 is 21.6 Å². The van der Waals surface area contributed by atoms with E-state index in [2.05, 4.69) is 26.3 Å². The van der Waals surface area contributed by atoms with Crippen LogP contribution in [0.4, 0.5) is 5.69 Å². The summed E-state index contributed by atoms with van der Waals surface area (Å²) in [5.74, 6) is 0. The largest absolute Gasteiger partial charge is 0.381 e. The van der Waals surface area contributed by atoms with Gasteiger partial charge in [-0.2, -0.15) is 5.10 Å². The molecule has 0 aliphatic rings. The Bertz CT molecular complexity index is 654. The standard InChI is InChI=1S/C15H19BrN4O/c1-10(2)20-15(21)14(16)13(9-19-20)18-8-12(17)11-6-4-3-5-7-11/h3-7,9-10,12,18H,8,17H2,1-2H3. The molecule has 2 rings (SSSR count). The number of nitrogens with two attached hydrogens (primary N) is 1. The molecule has 21 heavy (non-hydrogen) atoms. The highest BCUT2D eigenvalue weighted by Gasteiger charge is 2.12. The second-order valence-electron chi connectivity index (χ2n) is 5.11. The molecule has 112 valence electrons. The van der Waals surface area contributed by atoms with Gasteiger partial charge in [-0.15, -0.1) is 0 Å². The minimum Gasteiger partial charge on any atom is -0.381 e. The van der Waals surface area contributed by atoms with E-state index in [0.717, 1.165) is 5.56 Å². The van der Waals surface area contributed by atoms with Crippen LogP contribution in [0.15, 0.2) is 45.8 Å². The molecule has 1 aromatic carbocycles. The topological polar surface area (TPSA) is 72.9 Å². The molecular formula is C15H19BrN4O. The van der Waals surface area contributed by atoms with Crippen molar-refractivity contribution in [3.8, 4) is 0 Å². The Morgan fingerprint density at radius 1 is 1.33 bits per heavy atom. The zero-order valence-electron chi connectivity index (χ0n) is 12.1. The summed E-state index contributed by atoms with van der Waals surface area (Å²) in [6, 6.07) is 9.70. The van der Waals surface area contributed by atoms with Crippen molar-refractivity contribution < 1.29 is 0 Å². The molecule has 0 aliphatic carbocycles. The fourth-order valence-electron chi connectivity index (χ4n) is 1.97. The molecule has 1 atom stereocenters. The molecule has 1 unspecified atom stereocenters. The van der Waals surface area contributed by atoms with Crippen LogP contribution in [0.3, 0.4) is 0 Å². The summed E-state index contributed by atoms with van der Waals surface area (Å²) in [6.07, 6.45) is 1.64. The van der Waals surface area contributed by atoms with E-state index in [4.69, 9.17) is 5.73 Å². The summed E-state index contributed by atoms with van der Waals surface area (Å²) in [5, 5.41) is 7.33. The van der Waals surface area contributed by atoms with Gasteiger partial charge in [-0.3, -0.25) is 4.79 Å². The number of rotatable bonds is 5. The highest BCUT2D eigenvalue weighted by atomic mass is 79.9. The first-order valence-corrected chi connectivity index (χ1v) is 7.61. The number of nitrogens with zero attached hydrogens (tertiary/aromatic N) is 2. The molecule has 6 heteroatoms. The van der Waals surface area contributed by atoms with E-state index in [0.29, 0.717) is 16.7 Å². The monoisotopic (exact) mass is 350 g/mol. The summed E-state index contributed by atoms with van der Waals surface area (Å²) in [5.41, 5.74) is 7.68. The third-order valence-corrected chi connectivity index (χ3v) is 3.94. The van der Waals surface area contributed by atoms with E-state index in [1.54, 1.807) is 6.20 Å². The molecule has 1 aromatic heterocycles. The SMILES string of the molecule is CC(C)n1ncc(NCC(N)c2ccccc2)c(Br)c1=O. The van der Waals surface area contributed by atoms with Crippen molar-refractivity contribution in [2.24, 2.45) is 5.73 Å². The van der Waals surface area contributed by atoms with Gasteiger partial charge >= 0.3 is 0 Å². The lowest BCUT2D eigenvalue weighted by Crippen LogP contribution is -2.27. The lowest BCUT2D eigenvalue weighted by atomic mass is 10.1. The van der Waals surface area contributed by atoms with Gasteiger partial charge in [-0.25, -0.2) is 4.68 Å². The number of hydrogen-bond donors (Lipinski definition) is 2. The van der Waals surface area contributed by atoms with Gasteiger partial charge in [0.25, 0.3) is 5.56 Å². The fourth-order valence-corrected chi connectivity index (χ4v) is 2.40. The van der Waals surface area contributed by atoms with Gasteiger partial charge in [0.15, 0.2) is 0 Å². The smallest absolute Gasteiger partial charge is 0.283 e. The van der Waals surface area contributed by atoms with E-state index in [1.807, 2.05) is 44.2 Å². The first-order valence-electron chi connectivity index (χ1n) is 6.82. The van der Waals surface area contributed by atoms with Gasteiger partial charge in [0.05, 0.1) is 17.9 Å². The van der Waals surface area contributed by atoms with Crippen LogP contribution in [-0.2, 0) is 0 Å². The van der Waals surface area contributed by atoms with Gasteiger partial charge < -0.3 is 11.1 Å². The second kappa shape index (κ2) is 6.87. The van der Waals surface area contributed by atoms with Crippen LogP contribution in [0.25, 0.3) is 0 Å². The van der Waals surface area contributed by atoms with Crippen LogP contribution >= 0.6 is 15.9 Å². The minimum absolute atomic E-state index is 0.0226. The van der Waals surface area contributed by atoms with Crippen molar-refractivity contribution in [1.82, 2.24) is 9.78 Å². The number of halogens is 1. The number of nitrogens with one attached hydrogen (secondary N) is 1. The van der Waals surface area contributed by atoms with Crippen LogP contribution in [0.2, 0.25) is 0 Å². The molecule has 0 aliphatic heterocycles. The Morgan fingerprint density at radius 2 is 2.00 bits per heavy atom. The molecule has 0 saturated heterocycles. The molecule has 0 amide bonds. The van der Waals surface area contributed by atoms with Crippen molar-refractivity contribution in [3.63, 3.8) is 0 Å². The molecule has 0 saturated carbocycles. The van der Waals surface area contributed by atoms with Crippen LogP contribution < -0.4 is 16.6 Å². The van der Waals surface area contributed by atoms with Gasteiger partial charge in [0.1, 0.15) is 4.47 Å². The highest BCUT2D eigenvalue weighted by molar-refractivity contribution is 9.10. The van der Waals surface area contributed by atoms with Gasteiger partial charge in [-0.05, 0) is 35.3 Å². The molecule has 0 spiro atoms. The molecule has 1 heterocycles. The second-order valence-corrected chi connectivity index (χ2v) is 5.91. The van der Waals surface area contributed by atoms with Gasteiger partial charge in [-0.1, -0.05) is 30.3 Å². The van der Waals surface area contributed by atoms with Gasteiger partial charge in [0, 0.05) is 12.6 Å². The summed E-state index contributed by atoms with van der Waals surface area (Å²) >= 11 is 3.33. The summed E-state index contributed by atoms with van der Waals surface area (Å²) in [7, 11) is 0. The summed E-state index contributed by atoms with van der Waals surface area (Å²) in [4.78, 5) is 12.1. The lowest BCUT2D eigenvalue weighted by molar-refractivity contribution is 0.501.